The Morgan fingerprint density at radius 2 is 0.823 bits per heavy atom. The van der Waals surface area contributed by atoms with Gasteiger partial charge in [-0.15, -0.1) is 0 Å². The summed E-state index contributed by atoms with van der Waals surface area (Å²) in [5.74, 6) is -0.383. The van der Waals surface area contributed by atoms with E-state index < -0.39 is 33.2 Å². The predicted molar refractivity (Wildman–Crippen MR) is 261 cm³/mol. The van der Waals surface area contributed by atoms with Gasteiger partial charge in [-0.25, -0.2) is 4.57 Å². The van der Waals surface area contributed by atoms with Crippen LogP contribution in [0.15, 0.2) is 24.3 Å². The maximum Gasteiger partial charge on any atom is 0.472 e. The number of ether oxygens (including phenoxy) is 2. The number of unbranched alkanes of at least 4 members (excludes halogenated alkanes) is 33. The summed E-state index contributed by atoms with van der Waals surface area (Å²) in [6, 6.07) is 0. The molecule has 3 N–H and O–H groups in total. The molecule has 10 heteroatoms. The lowest BCUT2D eigenvalue weighted by atomic mass is 10.0. The fraction of sp³-hybridized carbons (Fsp3) is 0.904. The zero-order valence-electron chi connectivity index (χ0n) is 40.6. The van der Waals surface area contributed by atoms with Crippen molar-refractivity contribution in [2.24, 2.45) is 0 Å². The van der Waals surface area contributed by atoms with Crippen molar-refractivity contribution in [3.05, 3.63) is 24.3 Å². The maximum absolute atomic E-state index is 12.7. The largest absolute Gasteiger partial charge is 0.472 e. The molecule has 0 aliphatic heterocycles. The molecule has 9 nitrogen and oxygen atoms in total. The SMILES string of the molecule is CCCCCCCC/C=C\CCCCCCCCCC(=O)OC(COCCCCCCCCCCCCCC/C=C\CCCCCCCCCC)COP(=O)(O)OCC(O)CO. The number of esters is 1. The zero-order chi connectivity index (χ0) is 45.3. The molecule has 0 radical (unpaired) electrons. The minimum absolute atomic E-state index is 0.0509. The average molecular weight is 901 g/mol. The monoisotopic (exact) mass is 901 g/mol. The second kappa shape index (κ2) is 49.4. The van der Waals surface area contributed by atoms with E-state index in [0.717, 1.165) is 44.9 Å². The molecule has 368 valence electrons. The molecule has 0 amide bonds. The molecule has 0 aliphatic rings. The molecule has 62 heavy (non-hydrogen) atoms. The number of hydrogen-bond donors (Lipinski definition) is 3. The van der Waals surface area contributed by atoms with E-state index in [9.17, 15) is 19.4 Å². The summed E-state index contributed by atoms with van der Waals surface area (Å²) in [4.78, 5) is 22.7. The molecular weight excluding hydrogens is 800 g/mol. The van der Waals surface area contributed by atoms with Gasteiger partial charge in [-0.3, -0.25) is 13.8 Å². The molecule has 3 atom stereocenters. The van der Waals surface area contributed by atoms with Crippen LogP contribution >= 0.6 is 7.82 Å². The highest BCUT2D eigenvalue weighted by atomic mass is 31.2. The molecule has 0 aromatic rings. The van der Waals surface area contributed by atoms with Crippen LogP contribution < -0.4 is 0 Å². The Labute approximate surface area is 383 Å². The fourth-order valence-electron chi connectivity index (χ4n) is 7.58. The Kier molecular flexibility index (Phi) is 48.5. The summed E-state index contributed by atoms with van der Waals surface area (Å²) in [7, 11) is -4.52. The van der Waals surface area contributed by atoms with Gasteiger partial charge in [0.05, 0.1) is 26.4 Å². The van der Waals surface area contributed by atoms with Crippen LogP contribution in [0.3, 0.4) is 0 Å². The second-order valence-corrected chi connectivity index (χ2v) is 19.3. The van der Waals surface area contributed by atoms with Crippen molar-refractivity contribution in [2.75, 3.05) is 33.0 Å². The number of phosphoric ester groups is 1. The smallest absolute Gasteiger partial charge is 0.457 e. The van der Waals surface area contributed by atoms with Crippen molar-refractivity contribution >= 4 is 13.8 Å². The lowest BCUT2D eigenvalue weighted by Crippen LogP contribution is -2.29. The van der Waals surface area contributed by atoms with Gasteiger partial charge in [0.25, 0.3) is 0 Å². The van der Waals surface area contributed by atoms with Gasteiger partial charge < -0.3 is 24.6 Å². The van der Waals surface area contributed by atoms with E-state index in [1.807, 2.05) is 0 Å². The molecule has 0 spiro atoms. The number of phosphoric acid groups is 1. The van der Waals surface area contributed by atoms with Crippen molar-refractivity contribution in [2.45, 2.75) is 270 Å². The molecule has 0 bridgehead atoms. The third-order valence-electron chi connectivity index (χ3n) is 11.6. The first-order valence-electron chi connectivity index (χ1n) is 26.3. The highest BCUT2D eigenvalue weighted by Gasteiger charge is 2.26. The van der Waals surface area contributed by atoms with Gasteiger partial charge in [0.1, 0.15) is 12.2 Å². The minimum atomic E-state index is -4.52. The Morgan fingerprint density at radius 3 is 1.21 bits per heavy atom. The molecule has 3 unspecified atom stereocenters. The Bertz CT molecular complexity index is 1020. The molecular formula is C52H101O9P. The van der Waals surface area contributed by atoms with E-state index in [1.54, 1.807) is 0 Å². The van der Waals surface area contributed by atoms with E-state index in [0.29, 0.717) is 6.61 Å². The van der Waals surface area contributed by atoms with Gasteiger partial charge in [0.2, 0.25) is 0 Å². The normalized spacial score (nSPS) is 14.0. The number of aliphatic hydroxyl groups excluding tert-OH is 2. The maximum atomic E-state index is 12.7. The van der Waals surface area contributed by atoms with Gasteiger partial charge in [0, 0.05) is 13.0 Å². The van der Waals surface area contributed by atoms with Crippen molar-refractivity contribution in [3.8, 4) is 0 Å². The van der Waals surface area contributed by atoms with Crippen molar-refractivity contribution in [3.63, 3.8) is 0 Å². The van der Waals surface area contributed by atoms with Gasteiger partial charge >= 0.3 is 13.8 Å². The van der Waals surface area contributed by atoms with Crippen molar-refractivity contribution in [1.82, 2.24) is 0 Å². The minimum Gasteiger partial charge on any atom is -0.457 e. The molecule has 0 heterocycles. The predicted octanol–water partition coefficient (Wildman–Crippen LogP) is 15.4. The Hall–Kier alpha value is -1.06. The van der Waals surface area contributed by atoms with Crippen LogP contribution in [0.4, 0.5) is 0 Å². The summed E-state index contributed by atoms with van der Waals surface area (Å²) < 4.78 is 33.5. The number of aliphatic hydroxyl groups is 2. The van der Waals surface area contributed by atoms with Crippen LogP contribution in [0.25, 0.3) is 0 Å². The van der Waals surface area contributed by atoms with Gasteiger partial charge in [-0.05, 0) is 64.2 Å². The highest BCUT2D eigenvalue weighted by Crippen LogP contribution is 2.43. The quantitative estimate of drug-likeness (QED) is 0.0236. The Balaban J connectivity index is 4.02. The molecule has 0 aliphatic carbocycles. The van der Waals surface area contributed by atoms with Crippen molar-refractivity contribution in [1.29, 1.82) is 0 Å². The van der Waals surface area contributed by atoms with Crippen LogP contribution in [0.5, 0.6) is 0 Å². The highest BCUT2D eigenvalue weighted by molar-refractivity contribution is 7.47. The first-order valence-corrected chi connectivity index (χ1v) is 27.8. The van der Waals surface area contributed by atoms with E-state index in [2.05, 4.69) is 38.2 Å². The summed E-state index contributed by atoms with van der Waals surface area (Å²) in [5, 5.41) is 18.4. The molecule has 0 saturated heterocycles. The van der Waals surface area contributed by atoms with Gasteiger partial charge in [-0.2, -0.15) is 0 Å². The number of allylic oxidation sites excluding steroid dienone is 4. The van der Waals surface area contributed by atoms with Crippen LogP contribution in [0.1, 0.15) is 258 Å². The zero-order valence-corrected chi connectivity index (χ0v) is 41.5. The molecule has 0 fully saturated rings. The van der Waals surface area contributed by atoms with Gasteiger partial charge in [-0.1, -0.05) is 212 Å². The van der Waals surface area contributed by atoms with E-state index >= 15 is 0 Å². The van der Waals surface area contributed by atoms with E-state index in [-0.39, 0.29) is 25.6 Å². The van der Waals surface area contributed by atoms with Crippen LogP contribution in [0, 0.1) is 0 Å². The summed E-state index contributed by atoms with van der Waals surface area (Å²) in [5.41, 5.74) is 0. The Morgan fingerprint density at radius 1 is 0.484 bits per heavy atom. The molecule has 0 saturated carbocycles. The number of carbonyl (C=O) groups excluding carboxylic acids is 1. The number of hydrogen-bond acceptors (Lipinski definition) is 8. The molecule has 0 aromatic heterocycles. The van der Waals surface area contributed by atoms with Gasteiger partial charge in [0.15, 0.2) is 0 Å². The lowest BCUT2D eigenvalue weighted by Gasteiger charge is -2.20. The molecule has 0 rings (SSSR count). The van der Waals surface area contributed by atoms with Crippen molar-refractivity contribution < 1.29 is 43.0 Å². The second-order valence-electron chi connectivity index (χ2n) is 17.9. The van der Waals surface area contributed by atoms with E-state index in [1.165, 1.54) is 193 Å². The number of carbonyl (C=O) groups is 1. The lowest BCUT2D eigenvalue weighted by molar-refractivity contribution is -0.154. The molecule has 0 aromatic carbocycles. The fourth-order valence-corrected chi connectivity index (χ4v) is 8.37. The number of rotatable bonds is 51. The summed E-state index contributed by atoms with van der Waals surface area (Å²) in [6.07, 6.45) is 54.3. The third kappa shape index (κ3) is 48.4. The first kappa shape index (κ1) is 60.9. The average Bonchev–Trinajstić information content (AvgIpc) is 3.26. The van der Waals surface area contributed by atoms with E-state index in [4.69, 9.17) is 23.6 Å². The first-order chi connectivity index (χ1) is 30.3. The van der Waals surface area contributed by atoms with Crippen LogP contribution in [-0.2, 0) is 27.9 Å². The standard InChI is InChI=1S/C52H101O9P/c1-3-5-7-9-11-13-15-17-19-21-22-23-24-25-26-27-29-31-33-35-37-39-41-43-45-58-48-51(49-60-62(56,57)59-47-50(54)46-53)61-52(55)44-42-40-38-36-34-32-30-28-20-18-16-14-12-10-8-6-4-2/h18,20-22,50-51,53-54H,3-17,19,23-49H2,1-2H3,(H,56,57)/b20-18-,22-21-. The summed E-state index contributed by atoms with van der Waals surface area (Å²) >= 11 is 0. The summed E-state index contributed by atoms with van der Waals surface area (Å²) in [6.45, 7) is 3.56. The van der Waals surface area contributed by atoms with Crippen LogP contribution in [-0.4, -0.2) is 66.3 Å². The van der Waals surface area contributed by atoms with Crippen LogP contribution in [0.2, 0.25) is 0 Å². The topological polar surface area (TPSA) is 132 Å². The third-order valence-corrected chi connectivity index (χ3v) is 12.6.